The average molecular weight is 456 g/mol. The van der Waals surface area contributed by atoms with Gasteiger partial charge in [0.1, 0.15) is 0 Å². The predicted molar refractivity (Wildman–Crippen MR) is 150 cm³/mol. The van der Waals surface area contributed by atoms with Gasteiger partial charge in [-0.05, 0) is 103 Å². The third-order valence-electron chi connectivity index (χ3n) is 6.42. The van der Waals surface area contributed by atoms with Gasteiger partial charge in [0.2, 0.25) is 0 Å². The minimum atomic E-state index is 0.759. The van der Waals surface area contributed by atoms with Crippen LogP contribution in [0.4, 0.5) is 34.1 Å². The lowest BCUT2D eigenvalue weighted by atomic mass is 9.95. The molecule has 35 heavy (non-hydrogen) atoms. The third kappa shape index (κ3) is 4.75. The van der Waals surface area contributed by atoms with E-state index in [9.17, 15) is 0 Å². The van der Waals surface area contributed by atoms with Gasteiger partial charge < -0.3 is 16.0 Å². The first-order chi connectivity index (χ1) is 17.1. The maximum atomic E-state index is 5.97. The third-order valence-corrected chi connectivity index (χ3v) is 6.42. The number of benzene rings is 5. The molecule has 3 N–H and O–H groups in total. The molecule has 0 unspecified atom stereocenters. The van der Waals surface area contributed by atoms with Crippen LogP contribution in [-0.2, 0) is 0 Å². The molecule has 5 rings (SSSR count). The summed E-state index contributed by atoms with van der Waals surface area (Å²) in [6.45, 7) is 4.41. The number of anilines is 6. The fourth-order valence-corrected chi connectivity index (χ4v) is 4.41. The van der Waals surface area contributed by atoms with Gasteiger partial charge >= 0.3 is 0 Å². The van der Waals surface area contributed by atoms with Crippen LogP contribution in [0.25, 0.3) is 11.1 Å². The van der Waals surface area contributed by atoms with Crippen LogP contribution < -0.4 is 16.0 Å². The smallest absolute Gasteiger partial charge is 0.0493 e. The van der Waals surface area contributed by atoms with Crippen molar-refractivity contribution in [3.8, 4) is 11.1 Å². The number of rotatable bonds is 6. The summed E-state index contributed by atoms with van der Waals surface area (Å²) in [4.78, 5) is 2.29. The van der Waals surface area contributed by atoms with Crippen LogP contribution in [0.3, 0.4) is 0 Å². The van der Waals surface area contributed by atoms with E-state index in [4.69, 9.17) is 5.73 Å². The molecule has 172 valence electrons. The van der Waals surface area contributed by atoms with E-state index >= 15 is 0 Å². The van der Waals surface area contributed by atoms with Crippen molar-refractivity contribution in [2.24, 2.45) is 0 Å². The highest BCUT2D eigenvalue weighted by Gasteiger charge is 2.17. The summed E-state index contributed by atoms with van der Waals surface area (Å²) in [5.74, 6) is 0. The van der Waals surface area contributed by atoms with E-state index in [1.54, 1.807) is 0 Å². The standard InChI is InChI=1S/C32H29N3/c1-23-24(2)32(35(29-11-7-4-8-12-29)30-19-15-26(33)16-20-30)22-21-31(23)25-13-17-28(18-14-25)34-27-9-5-3-6-10-27/h3-22,34H,33H2,1-2H3. The molecule has 0 fully saturated rings. The molecular weight excluding hydrogens is 426 g/mol. The Kier molecular flexibility index (Phi) is 6.23. The summed E-state index contributed by atoms with van der Waals surface area (Å²) in [5, 5.41) is 3.46. The Labute approximate surface area is 207 Å². The van der Waals surface area contributed by atoms with Gasteiger partial charge in [-0.25, -0.2) is 0 Å². The number of nitrogens with zero attached hydrogens (tertiary/aromatic N) is 1. The normalized spacial score (nSPS) is 10.7. The summed E-state index contributed by atoms with van der Waals surface area (Å²) in [7, 11) is 0. The molecule has 5 aromatic rings. The van der Waals surface area contributed by atoms with Crippen LogP contribution in [0, 0.1) is 13.8 Å². The number of nitrogen functional groups attached to an aromatic ring is 1. The fraction of sp³-hybridized carbons (Fsp3) is 0.0625. The van der Waals surface area contributed by atoms with Crippen molar-refractivity contribution in [2.45, 2.75) is 13.8 Å². The lowest BCUT2D eigenvalue weighted by Crippen LogP contribution is -2.12. The van der Waals surface area contributed by atoms with Gasteiger partial charge in [-0.2, -0.15) is 0 Å². The highest BCUT2D eigenvalue weighted by Crippen LogP contribution is 2.40. The molecular formula is C32H29N3. The van der Waals surface area contributed by atoms with E-state index in [-0.39, 0.29) is 0 Å². The highest BCUT2D eigenvalue weighted by atomic mass is 15.1. The van der Waals surface area contributed by atoms with E-state index < -0.39 is 0 Å². The Balaban J connectivity index is 1.50. The molecule has 0 aliphatic heterocycles. The molecule has 3 nitrogen and oxygen atoms in total. The van der Waals surface area contributed by atoms with Crippen molar-refractivity contribution in [3.05, 3.63) is 132 Å². The van der Waals surface area contributed by atoms with Crippen molar-refractivity contribution in [1.82, 2.24) is 0 Å². The summed E-state index contributed by atoms with van der Waals surface area (Å²) >= 11 is 0. The lowest BCUT2D eigenvalue weighted by Gasteiger charge is -2.28. The van der Waals surface area contributed by atoms with Crippen LogP contribution >= 0.6 is 0 Å². The fourth-order valence-electron chi connectivity index (χ4n) is 4.41. The van der Waals surface area contributed by atoms with Gasteiger partial charge in [-0.15, -0.1) is 0 Å². The van der Waals surface area contributed by atoms with Crippen molar-refractivity contribution in [2.75, 3.05) is 16.0 Å². The van der Waals surface area contributed by atoms with Crippen LogP contribution in [0.5, 0.6) is 0 Å². The molecule has 0 amide bonds. The lowest BCUT2D eigenvalue weighted by molar-refractivity contribution is 1.22. The number of para-hydroxylation sites is 2. The second-order valence-electron chi connectivity index (χ2n) is 8.71. The van der Waals surface area contributed by atoms with E-state index in [1.165, 1.54) is 22.3 Å². The van der Waals surface area contributed by atoms with Gasteiger partial charge in [0.05, 0.1) is 0 Å². The molecule has 0 radical (unpaired) electrons. The Morgan fingerprint density at radius 1 is 0.543 bits per heavy atom. The van der Waals surface area contributed by atoms with E-state index in [0.29, 0.717) is 0 Å². The van der Waals surface area contributed by atoms with Crippen LogP contribution in [0.15, 0.2) is 121 Å². The molecule has 0 bridgehead atoms. The maximum Gasteiger partial charge on any atom is 0.0493 e. The maximum absolute atomic E-state index is 5.97. The Bertz CT molecular complexity index is 1410. The molecule has 0 aromatic heterocycles. The van der Waals surface area contributed by atoms with E-state index in [0.717, 1.165) is 34.1 Å². The molecule has 0 heterocycles. The Morgan fingerprint density at radius 3 is 1.77 bits per heavy atom. The summed E-state index contributed by atoms with van der Waals surface area (Å²) in [5.41, 5.74) is 17.2. The molecule has 0 saturated carbocycles. The number of hydrogen-bond acceptors (Lipinski definition) is 3. The summed E-state index contributed by atoms with van der Waals surface area (Å²) < 4.78 is 0. The Morgan fingerprint density at radius 2 is 1.11 bits per heavy atom. The number of nitrogens with two attached hydrogens (primary N) is 1. The first-order valence-corrected chi connectivity index (χ1v) is 11.8. The monoisotopic (exact) mass is 455 g/mol. The number of hydrogen-bond donors (Lipinski definition) is 2. The van der Waals surface area contributed by atoms with Gasteiger partial charge in [-0.3, -0.25) is 0 Å². The topological polar surface area (TPSA) is 41.3 Å². The average Bonchev–Trinajstić information content (AvgIpc) is 2.90. The zero-order chi connectivity index (χ0) is 24.2. The van der Waals surface area contributed by atoms with Crippen molar-refractivity contribution in [3.63, 3.8) is 0 Å². The SMILES string of the molecule is Cc1c(-c2ccc(Nc3ccccc3)cc2)ccc(N(c2ccccc2)c2ccc(N)cc2)c1C. The molecule has 0 saturated heterocycles. The summed E-state index contributed by atoms with van der Waals surface area (Å²) in [6.07, 6.45) is 0. The number of nitrogens with one attached hydrogen (secondary N) is 1. The van der Waals surface area contributed by atoms with Crippen LogP contribution in [-0.4, -0.2) is 0 Å². The zero-order valence-corrected chi connectivity index (χ0v) is 20.1. The molecule has 0 aliphatic rings. The first-order valence-electron chi connectivity index (χ1n) is 11.8. The van der Waals surface area contributed by atoms with Gasteiger partial charge in [0.15, 0.2) is 0 Å². The van der Waals surface area contributed by atoms with Crippen LogP contribution in [0.1, 0.15) is 11.1 Å². The van der Waals surface area contributed by atoms with E-state index in [1.807, 2.05) is 36.4 Å². The van der Waals surface area contributed by atoms with Crippen molar-refractivity contribution >= 4 is 34.1 Å². The van der Waals surface area contributed by atoms with Crippen molar-refractivity contribution < 1.29 is 0 Å². The van der Waals surface area contributed by atoms with Crippen molar-refractivity contribution in [1.29, 1.82) is 0 Å². The molecule has 0 atom stereocenters. The molecule has 0 spiro atoms. The predicted octanol–water partition coefficient (Wildman–Crippen LogP) is 8.77. The zero-order valence-electron chi connectivity index (χ0n) is 20.1. The largest absolute Gasteiger partial charge is 0.399 e. The first kappa shape index (κ1) is 22.3. The molecule has 5 aromatic carbocycles. The summed E-state index contributed by atoms with van der Waals surface area (Å²) in [6, 6.07) is 41.8. The highest BCUT2D eigenvalue weighted by molar-refractivity contribution is 5.83. The van der Waals surface area contributed by atoms with Gasteiger partial charge in [-0.1, -0.05) is 54.6 Å². The molecule has 3 heteroatoms. The minimum Gasteiger partial charge on any atom is -0.399 e. The second-order valence-corrected chi connectivity index (χ2v) is 8.71. The Hall–Kier alpha value is -4.50. The van der Waals surface area contributed by atoms with E-state index in [2.05, 4.69) is 109 Å². The van der Waals surface area contributed by atoms with Gasteiger partial charge in [0.25, 0.3) is 0 Å². The van der Waals surface area contributed by atoms with Crippen LogP contribution in [0.2, 0.25) is 0 Å². The minimum absolute atomic E-state index is 0.759. The quantitative estimate of drug-likeness (QED) is 0.251. The second kappa shape index (κ2) is 9.78. The van der Waals surface area contributed by atoms with Gasteiger partial charge in [0, 0.05) is 34.1 Å². The molecule has 0 aliphatic carbocycles.